The summed E-state index contributed by atoms with van der Waals surface area (Å²) in [5, 5.41) is 0. The first-order valence-corrected chi connectivity index (χ1v) is 9.32. The van der Waals surface area contributed by atoms with Crippen LogP contribution in [0.3, 0.4) is 0 Å². The van der Waals surface area contributed by atoms with Gasteiger partial charge in [0.1, 0.15) is 0 Å². The normalized spacial score (nSPS) is 49.6. The topological polar surface area (TPSA) is 29.3 Å². The van der Waals surface area contributed by atoms with E-state index in [1.54, 1.807) is 6.42 Å². The molecule has 2 nitrogen and oxygen atoms in total. The molecule has 2 heterocycles. The van der Waals surface area contributed by atoms with Crippen LogP contribution in [0, 0.1) is 11.8 Å². The van der Waals surface area contributed by atoms with Gasteiger partial charge < -0.3 is 5.73 Å². The van der Waals surface area contributed by atoms with Gasteiger partial charge in [0.05, 0.1) is 0 Å². The lowest BCUT2D eigenvalue weighted by atomic mass is 9.73. The molecule has 2 unspecified atom stereocenters. The van der Waals surface area contributed by atoms with Crippen LogP contribution in [0.4, 0.5) is 0 Å². The Morgan fingerprint density at radius 3 is 1.80 bits per heavy atom. The molecule has 0 aromatic carbocycles. The molecule has 2 aliphatic heterocycles. The van der Waals surface area contributed by atoms with E-state index in [9.17, 15) is 0 Å². The van der Waals surface area contributed by atoms with Gasteiger partial charge >= 0.3 is 0 Å². The monoisotopic (exact) mass is 276 g/mol. The van der Waals surface area contributed by atoms with Crippen molar-refractivity contribution >= 4 is 0 Å². The highest BCUT2D eigenvalue weighted by Gasteiger charge is 2.43. The Labute approximate surface area is 124 Å². The third-order valence-corrected chi connectivity index (χ3v) is 6.84. The van der Waals surface area contributed by atoms with E-state index in [1.807, 2.05) is 0 Å². The number of piperidine rings is 2. The van der Waals surface area contributed by atoms with E-state index in [-0.39, 0.29) is 0 Å². The molecule has 2 saturated carbocycles. The highest BCUT2D eigenvalue weighted by atomic mass is 15.2. The molecular weight excluding hydrogens is 244 g/mol. The van der Waals surface area contributed by atoms with Crippen LogP contribution in [0.25, 0.3) is 0 Å². The summed E-state index contributed by atoms with van der Waals surface area (Å²) in [6.07, 6.45) is 17.5. The molecule has 2 aliphatic carbocycles. The van der Waals surface area contributed by atoms with Crippen LogP contribution in [0.2, 0.25) is 0 Å². The van der Waals surface area contributed by atoms with Gasteiger partial charge in [0.2, 0.25) is 0 Å². The molecule has 0 aromatic heterocycles. The fourth-order valence-electron chi connectivity index (χ4n) is 6.17. The van der Waals surface area contributed by atoms with E-state index in [1.165, 1.54) is 70.6 Å². The zero-order valence-electron chi connectivity index (χ0n) is 13.0. The second kappa shape index (κ2) is 5.61. The molecule has 4 bridgehead atoms. The Bertz CT molecular complexity index is 314. The fraction of sp³-hybridized carbons (Fsp3) is 1.00. The third-order valence-electron chi connectivity index (χ3n) is 6.84. The maximum Gasteiger partial charge on any atom is 0.0116 e. The van der Waals surface area contributed by atoms with Crippen LogP contribution in [0.5, 0.6) is 0 Å². The molecule has 2 N–H and O–H groups in total. The molecule has 4 fully saturated rings. The maximum absolute atomic E-state index is 6.31. The Hall–Kier alpha value is -0.0800. The minimum Gasteiger partial charge on any atom is -0.328 e. The summed E-state index contributed by atoms with van der Waals surface area (Å²) in [5.41, 5.74) is 6.31. The van der Waals surface area contributed by atoms with Crippen molar-refractivity contribution in [1.29, 1.82) is 0 Å². The molecule has 0 spiro atoms. The van der Waals surface area contributed by atoms with Crippen molar-refractivity contribution in [2.45, 2.75) is 101 Å². The molecule has 6 atom stereocenters. The largest absolute Gasteiger partial charge is 0.328 e. The van der Waals surface area contributed by atoms with Crippen molar-refractivity contribution in [3.8, 4) is 0 Å². The summed E-state index contributed by atoms with van der Waals surface area (Å²) in [6.45, 7) is 0. The zero-order chi connectivity index (χ0) is 13.5. The molecule has 4 aliphatic rings. The average Bonchev–Trinajstić information content (AvgIpc) is 2.58. The number of hydrogen-bond donors (Lipinski definition) is 1. The molecule has 2 heteroatoms. The Morgan fingerprint density at radius 1 is 0.600 bits per heavy atom. The van der Waals surface area contributed by atoms with Crippen LogP contribution < -0.4 is 5.73 Å². The SMILES string of the molecule is NC1C[C@H]2CCC[C@@H](C1)N2C1C[C@H]2CCCC[C@@H](C1)C2. The van der Waals surface area contributed by atoms with E-state index < -0.39 is 0 Å². The first-order valence-electron chi connectivity index (χ1n) is 9.32. The Morgan fingerprint density at radius 2 is 1.20 bits per heavy atom. The van der Waals surface area contributed by atoms with Crippen LogP contribution in [0.1, 0.15) is 77.0 Å². The maximum atomic E-state index is 6.31. The highest BCUT2D eigenvalue weighted by Crippen LogP contribution is 2.44. The number of fused-ring (bicyclic) bond motifs is 4. The first kappa shape index (κ1) is 13.6. The van der Waals surface area contributed by atoms with E-state index in [0.29, 0.717) is 6.04 Å². The van der Waals surface area contributed by atoms with Crippen molar-refractivity contribution in [3.05, 3.63) is 0 Å². The highest BCUT2D eigenvalue weighted by molar-refractivity contribution is 4.99. The van der Waals surface area contributed by atoms with Crippen LogP contribution in [-0.2, 0) is 0 Å². The van der Waals surface area contributed by atoms with Crippen molar-refractivity contribution in [1.82, 2.24) is 4.90 Å². The quantitative estimate of drug-likeness (QED) is 0.791. The van der Waals surface area contributed by atoms with Crippen molar-refractivity contribution in [2.75, 3.05) is 0 Å². The third kappa shape index (κ3) is 2.54. The van der Waals surface area contributed by atoms with Crippen LogP contribution in [-0.4, -0.2) is 29.1 Å². The summed E-state index contributed by atoms with van der Waals surface area (Å²) >= 11 is 0. The predicted molar refractivity (Wildman–Crippen MR) is 83.6 cm³/mol. The number of nitrogens with zero attached hydrogens (tertiary/aromatic N) is 1. The molecule has 4 rings (SSSR count). The summed E-state index contributed by atoms with van der Waals surface area (Å²) in [6, 6.07) is 3.08. The van der Waals surface area contributed by atoms with Gasteiger partial charge in [-0.05, 0) is 56.8 Å². The Balaban J connectivity index is 1.51. The summed E-state index contributed by atoms with van der Waals surface area (Å²) in [7, 11) is 0. The van der Waals surface area contributed by atoms with E-state index in [2.05, 4.69) is 4.90 Å². The van der Waals surface area contributed by atoms with E-state index in [4.69, 9.17) is 5.73 Å². The van der Waals surface area contributed by atoms with E-state index >= 15 is 0 Å². The van der Waals surface area contributed by atoms with Gasteiger partial charge in [0.25, 0.3) is 0 Å². The number of hydrogen-bond acceptors (Lipinski definition) is 2. The van der Waals surface area contributed by atoms with Crippen molar-refractivity contribution in [3.63, 3.8) is 0 Å². The minimum absolute atomic E-state index is 0.493. The second-order valence-corrected chi connectivity index (χ2v) is 8.29. The molecule has 0 radical (unpaired) electrons. The summed E-state index contributed by atoms with van der Waals surface area (Å²) in [4.78, 5) is 3.00. The lowest BCUT2D eigenvalue weighted by Gasteiger charge is -2.54. The predicted octanol–water partition coefficient (Wildman–Crippen LogP) is 3.69. The number of nitrogens with two attached hydrogens (primary N) is 1. The fourth-order valence-corrected chi connectivity index (χ4v) is 6.17. The van der Waals surface area contributed by atoms with Gasteiger partial charge in [0.15, 0.2) is 0 Å². The van der Waals surface area contributed by atoms with Crippen molar-refractivity contribution < 1.29 is 0 Å². The molecule has 0 amide bonds. The van der Waals surface area contributed by atoms with E-state index in [0.717, 1.165) is 30.0 Å². The summed E-state index contributed by atoms with van der Waals surface area (Å²) in [5.74, 6) is 2.11. The molecule has 2 saturated heterocycles. The molecule has 0 aromatic rings. The van der Waals surface area contributed by atoms with Crippen LogP contribution in [0.15, 0.2) is 0 Å². The molecular formula is C18H32N2. The van der Waals surface area contributed by atoms with Gasteiger partial charge in [-0.25, -0.2) is 0 Å². The number of rotatable bonds is 1. The van der Waals surface area contributed by atoms with Gasteiger partial charge in [-0.3, -0.25) is 4.90 Å². The minimum atomic E-state index is 0.493. The lowest BCUT2D eigenvalue weighted by Crippen LogP contribution is -2.60. The lowest BCUT2D eigenvalue weighted by molar-refractivity contribution is -0.0328. The second-order valence-electron chi connectivity index (χ2n) is 8.29. The van der Waals surface area contributed by atoms with Gasteiger partial charge in [-0.2, -0.15) is 0 Å². The van der Waals surface area contributed by atoms with Gasteiger partial charge in [-0.15, -0.1) is 0 Å². The molecule has 114 valence electrons. The Kier molecular flexibility index (Phi) is 3.80. The standard InChI is InChI=1S/C18H32N2/c19-15-11-16-6-3-7-17(12-15)20(16)18-9-13-4-1-2-5-14(8-13)10-18/h13-18H,1-12,19H2/t13-,14+,15?,16-,17+,18?. The van der Waals surface area contributed by atoms with Crippen LogP contribution >= 0.6 is 0 Å². The van der Waals surface area contributed by atoms with Crippen molar-refractivity contribution in [2.24, 2.45) is 17.6 Å². The molecule has 20 heavy (non-hydrogen) atoms. The smallest absolute Gasteiger partial charge is 0.0116 e. The first-order chi connectivity index (χ1) is 9.79. The zero-order valence-corrected chi connectivity index (χ0v) is 13.0. The average molecular weight is 276 g/mol. The van der Waals surface area contributed by atoms with Gasteiger partial charge in [-0.1, -0.05) is 32.1 Å². The van der Waals surface area contributed by atoms with Gasteiger partial charge in [0, 0.05) is 24.2 Å². The summed E-state index contributed by atoms with van der Waals surface area (Å²) < 4.78 is 0.